The Morgan fingerprint density at radius 3 is 2.67 bits per heavy atom. The summed E-state index contributed by atoms with van der Waals surface area (Å²) in [6, 6.07) is 8.09. The summed E-state index contributed by atoms with van der Waals surface area (Å²) in [6.07, 6.45) is 4.20. The van der Waals surface area contributed by atoms with Crippen molar-refractivity contribution in [2.45, 2.75) is 58.6 Å². The normalized spacial score (nSPS) is 15.1. The van der Waals surface area contributed by atoms with Gasteiger partial charge in [0, 0.05) is 23.7 Å². The van der Waals surface area contributed by atoms with E-state index in [4.69, 9.17) is 19.2 Å². The largest absolute Gasteiger partial charge is 0.491 e. The molecule has 0 amide bonds. The van der Waals surface area contributed by atoms with Crippen LogP contribution in [0.25, 0.3) is 22.6 Å². The van der Waals surface area contributed by atoms with Crippen molar-refractivity contribution in [3.8, 4) is 28.4 Å². The van der Waals surface area contributed by atoms with Crippen molar-refractivity contribution in [2.75, 3.05) is 25.5 Å². The number of likely N-dealkylation sites (N-methyl/N-ethyl adjacent to an activating group) is 1. The van der Waals surface area contributed by atoms with Gasteiger partial charge in [0.15, 0.2) is 5.82 Å². The van der Waals surface area contributed by atoms with Crippen LogP contribution in [0.4, 0.5) is 5.82 Å². The highest BCUT2D eigenvalue weighted by molar-refractivity contribution is 5.74. The maximum Gasteiger partial charge on any atom is 0.162 e. The van der Waals surface area contributed by atoms with Crippen LogP contribution in [-0.4, -0.2) is 52.6 Å². The first-order valence-corrected chi connectivity index (χ1v) is 11.6. The van der Waals surface area contributed by atoms with Gasteiger partial charge in [-0.25, -0.2) is 9.97 Å². The van der Waals surface area contributed by atoms with E-state index in [9.17, 15) is 5.11 Å². The number of nitrogens with zero attached hydrogens (tertiary/aromatic N) is 3. The fraction of sp³-hybridized carbons (Fsp3) is 0.480. The predicted molar refractivity (Wildman–Crippen MR) is 128 cm³/mol. The second kappa shape index (κ2) is 10.3. The van der Waals surface area contributed by atoms with E-state index in [1.165, 1.54) is 12.8 Å². The number of ether oxygens (including phenoxy) is 1. The number of nitrogens with one attached hydrogen (secondary N) is 2. The molecule has 2 heterocycles. The van der Waals surface area contributed by atoms with Crippen LogP contribution in [0.3, 0.4) is 0 Å². The van der Waals surface area contributed by atoms with E-state index in [1.54, 1.807) is 7.05 Å². The fourth-order valence-corrected chi connectivity index (χ4v) is 4.33. The molecule has 176 valence electrons. The van der Waals surface area contributed by atoms with E-state index in [0.29, 0.717) is 24.2 Å². The Morgan fingerprint density at radius 2 is 1.97 bits per heavy atom. The molecule has 1 aromatic carbocycles. The minimum Gasteiger partial charge on any atom is -0.491 e. The van der Waals surface area contributed by atoms with Crippen LogP contribution in [0, 0.1) is 20.8 Å². The van der Waals surface area contributed by atoms with E-state index >= 15 is 0 Å². The lowest BCUT2D eigenvalue weighted by molar-refractivity contribution is 0.108. The molecule has 8 nitrogen and oxygen atoms in total. The van der Waals surface area contributed by atoms with Crippen LogP contribution in [0.1, 0.15) is 42.7 Å². The maximum absolute atomic E-state index is 9.96. The zero-order chi connectivity index (χ0) is 23.4. The molecule has 0 spiro atoms. The lowest BCUT2D eigenvalue weighted by Gasteiger charge is -2.18. The van der Waals surface area contributed by atoms with Crippen LogP contribution >= 0.6 is 0 Å². The third-order valence-corrected chi connectivity index (χ3v) is 6.09. The average molecular weight is 452 g/mol. The van der Waals surface area contributed by atoms with Gasteiger partial charge in [0.2, 0.25) is 0 Å². The molecule has 1 unspecified atom stereocenters. The summed E-state index contributed by atoms with van der Waals surface area (Å²) in [5, 5.41) is 20.7. The van der Waals surface area contributed by atoms with Crippen molar-refractivity contribution in [1.82, 2.24) is 20.4 Å². The number of rotatable bonds is 9. The van der Waals surface area contributed by atoms with E-state index in [1.807, 2.05) is 45.0 Å². The first-order chi connectivity index (χ1) is 16.0. The Labute approximate surface area is 194 Å². The average Bonchev–Trinajstić information content (AvgIpc) is 3.44. The summed E-state index contributed by atoms with van der Waals surface area (Å²) in [4.78, 5) is 9.86. The maximum atomic E-state index is 9.96. The third kappa shape index (κ3) is 5.34. The Morgan fingerprint density at radius 1 is 1.18 bits per heavy atom. The number of benzene rings is 1. The van der Waals surface area contributed by atoms with Gasteiger partial charge in [-0.1, -0.05) is 30.1 Å². The molecule has 4 rings (SSSR count). The molecule has 1 fully saturated rings. The standard InChI is InChI=1S/C25H33N5O3/c1-15-23(22-16(2)30-33-17(22)3)28-25(29-24(15)27-19-9-5-6-10-19)18-8-7-11-21(12-18)32-14-20(31)13-26-4/h7-8,11-12,19-20,26,31H,5-6,9-10,13-14H2,1-4H3,(H,27,28,29). The minimum absolute atomic E-state index is 0.206. The number of aryl methyl sites for hydroxylation is 2. The summed E-state index contributed by atoms with van der Waals surface area (Å²) in [5.41, 5.74) is 4.38. The van der Waals surface area contributed by atoms with Gasteiger partial charge in [-0.2, -0.15) is 0 Å². The van der Waals surface area contributed by atoms with Gasteiger partial charge in [0.05, 0.1) is 17.0 Å². The lowest BCUT2D eigenvalue weighted by atomic mass is 10.0. The third-order valence-electron chi connectivity index (χ3n) is 6.09. The highest BCUT2D eigenvalue weighted by Crippen LogP contribution is 2.34. The second-order valence-electron chi connectivity index (χ2n) is 8.74. The molecule has 8 heteroatoms. The SMILES string of the molecule is CNCC(O)COc1cccc(-c2nc(NC3CCCC3)c(C)c(-c3c(C)noc3C)n2)c1. The quantitative estimate of drug-likeness (QED) is 0.448. The predicted octanol–water partition coefficient (Wildman–Crippen LogP) is 4.04. The Hall–Kier alpha value is -2.97. The summed E-state index contributed by atoms with van der Waals surface area (Å²) in [6.45, 7) is 6.56. The van der Waals surface area contributed by atoms with Crippen molar-refractivity contribution in [3.63, 3.8) is 0 Å². The molecular weight excluding hydrogens is 418 g/mol. The first kappa shape index (κ1) is 23.2. The van der Waals surface area contributed by atoms with Crippen LogP contribution in [0.15, 0.2) is 28.8 Å². The molecule has 3 aromatic rings. The highest BCUT2D eigenvalue weighted by Gasteiger charge is 2.23. The van der Waals surface area contributed by atoms with Crippen LogP contribution in [-0.2, 0) is 0 Å². The topological polar surface area (TPSA) is 105 Å². The Kier molecular flexibility index (Phi) is 7.25. The molecule has 0 radical (unpaired) electrons. The monoisotopic (exact) mass is 451 g/mol. The molecule has 1 aliphatic carbocycles. The second-order valence-corrected chi connectivity index (χ2v) is 8.74. The number of aliphatic hydroxyl groups excluding tert-OH is 1. The summed E-state index contributed by atoms with van der Waals surface area (Å²) >= 11 is 0. The van der Waals surface area contributed by atoms with Crippen LogP contribution < -0.4 is 15.4 Å². The molecule has 3 N–H and O–H groups in total. The molecule has 0 saturated heterocycles. The van der Waals surface area contributed by atoms with Gasteiger partial charge in [-0.05, 0) is 52.8 Å². The number of anilines is 1. The molecule has 1 aliphatic rings. The first-order valence-electron chi connectivity index (χ1n) is 11.6. The van der Waals surface area contributed by atoms with E-state index in [0.717, 1.165) is 52.5 Å². The smallest absolute Gasteiger partial charge is 0.162 e. The van der Waals surface area contributed by atoms with Gasteiger partial charge in [-0.3, -0.25) is 0 Å². The lowest BCUT2D eigenvalue weighted by Crippen LogP contribution is -2.29. The van der Waals surface area contributed by atoms with Gasteiger partial charge < -0.3 is 25.0 Å². The summed E-state index contributed by atoms with van der Waals surface area (Å²) < 4.78 is 11.2. The van der Waals surface area contributed by atoms with Crippen molar-refractivity contribution in [3.05, 3.63) is 41.3 Å². The van der Waals surface area contributed by atoms with Crippen molar-refractivity contribution in [2.24, 2.45) is 0 Å². The number of aliphatic hydroxyl groups is 1. The van der Waals surface area contributed by atoms with Gasteiger partial charge in [0.25, 0.3) is 0 Å². The molecule has 2 aromatic heterocycles. The van der Waals surface area contributed by atoms with Gasteiger partial charge >= 0.3 is 0 Å². The number of aromatic nitrogens is 3. The summed E-state index contributed by atoms with van der Waals surface area (Å²) in [5.74, 6) is 2.86. The van der Waals surface area contributed by atoms with Crippen molar-refractivity contribution in [1.29, 1.82) is 0 Å². The molecule has 0 aliphatic heterocycles. The molecule has 1 atom stereocenters. The zero-order valence-electron chi connectivity index (χ0n) is 19.8. The highest BCUT2D eigenvalue weighted by atomic mass is 16.5. The van der Waals surface area contributed by atoms with Crippen LogP contribution in [0.5, 0.6) is 5.75 Å². The van der Waals surface area contributed by atoms with Crippen molar-refractivity contribution < 1.29 is 14.4 Å². The van der Waals surface area contributed by atoms with E-state index < -0.39 is 6.10 Å². The molecule has 1 saturated carbocycles. The Balaban J connectivity index is 1.72. The van der Waals surface area contributed by atoms with Gasteiger partial charge in [-0.15, -0.1) is 0 Å². The number of hydrogen-bond acceptors (Lipinski definition) is 8. The fourth-order valence-electron chi connectivity index (χ4n) is 4.33. The van der Waals surface area contributed by atoms with E-state index in [2.05, 4.69) is 15.8 Å². The summed E-state index contributed by atoms with van der Waals surface area (Å²) in [7, 11) is 1.80. The van der Waals surface area contributed by atoms with Gasteiger partial charge in [0.1, 0.15) is 30.0 Å². The minimum atomic E-state index is -0.581. The Bertz CT molecular complexity index is 1070. The number of hydrogen-bond donors (Lipinski definition) is 3. The molecular formula is C25H33N5O3. The molecule has 33 heavy (non-hydrogen) atoms. The molecule has 0 bridgehead atoms. The van der Waals surface area contributed by atoms with E-state index in [-0.39, 0.29) is 6.61 Å². The van der Waals surface area contributed by atoms with Crippen LogP contribution in [0.2, 0.25) is 0 Å². The zero-order valence-corrected chi connectivity index (χ0v) is 19.8. The van der Waals surface area contributed by atoms with Crippen molar-refractivity contribution >= 4 is 5.82 Å².